The number of rotatable bonds is 5. The van der Waals surface area contributed by atoms with Crippen LogP contribution < -0.4 is 15.8 Å². The smallest absolute Gasteiger partial charge is 0.266 e. The summed E-state index contributed by atoms with van der Waals surface area (Å²) < 4.78 is 2.95. The van der Waals surface area contributed by atoms with Gasteiger partial charge in [-0.2, -0.15) is 10.2 Å². The van der Waals surface area contributed by atoms with Gasteiger partial charge >= 0.3 is 0 Å². The van der Waals surface area contributed by atoms with E-state index in [0.29, 0.717) is 18.2 Å². The van der Waals surface area contributed by atoms with Crippen LogP contribution in [0.15, 0.2) is 42.0 Å². The summed E-state index contributed by atoms with van der Waals surface area (Å²) in [6.07, 6.45) is 9.71. The maximum atomic E-state index is 11.6. The second-order valence-electron chi connectivity index (χ2n) is 6.48. The summed E-state index contributed by atoms with van der Waals surface area (Å²) in [5.41, 5.74) is -0.106. The molecule has 10 heteroatoms. The van der Waals surface area contributed by atoms with E-state index in [1.54, 1.807) is 42.6 Å². The topological polar surface area (TPSA) is 107 Å². The molecule has 0 aromatic carbocycles. The van der Waals surface area contributed by atoms with Crippen molar-refractivity contribution in [3.05, 3.63) is 47.5 Å². The van der Waals surface area contributed by atoms with Gasteiger partial charge in [0.05, 0.1) is 12.4 Å². The molecule has 1 unspecified atom stereocenters. The Kier molecular flexibility index (Phi) is 4.77. The lowest BCUT2D eigenvalue weighted by molar-refractivity contribution is 0.464. The van der Waals surface area contributed by atoms with Crippen LogP contribution in [0.25, 0.3) is 5.82 Å². The largest absolute Gasteiger partial charge is 0.367 e. The summed E-state index contributed by atoms with van der Waals surface area (Å²) in [5, 5.41) is 11.9. The van der Waals surface area contributed by atoms with Crippen molar-refractivity contribution in [1.82, 2.24) is 34.5 Å². The van der Waals surface area contributed by atoms with Gasteiger partial charge in [0.25, 0.3) is 5.56 Å². The molecule has 1 fully saturated rings. The van der Waals surface area contributed by atoms with Crippen molar-refractivity contribution in [3.63, 3.8) is 0 Å². The fourth-order valence-electron chi connectivity index (χ4n) is 3.26. The zero-order valence-electron chi connectivity index (χ0n) is 15.1. The number of hydrogen-bond acceptors (Lipinski definition) is 8. The van der Waals surface area contributed by atoms with Crippen LogP contribution in [0.3, 0.4) is 0 Å². The van der Waals surface area contributed by atoms with Gasteiger partial charge in [0.2, 0.25) is 0 Å². The van der Waals surface area contributed by atoms with Crippen molar-refractivity contribution in [2.75, 3.05) is 23.3 Å². The highest BCUT2D eigenvalue weighted by Crippen LogP contribution is 2.22. The van der Waals surface area contributed by atoms with Crippen LogP contribution in [-0.4, -0.2) is 53.6 Å². The molecule has 0 aliphatic carbocycles. The third kappa shape index (κ3) is 3.78. The highest BCUT2D eigenvalue weighted by atomic mass is 16.1. The quantitative estimate of drug-likeness (QED) is 0.699. The molecule has 3 aromatic rings. The fourth-order valence-corrected chi connectivity index (χ4v) is 3.26. The number of nitrogens with one attached hydrogen (secondary N) is 1. The minimum atomic E-state index is -0.106. The molecular weight excluding hydrogens is 346 g/mol. The standard InChI is InChI=1S/C17H21N9O/c1-24-17(27)6-5-15(23-24)25-7-3-2-4-13(25)8-20-14-9-18-10-16(22-14)26-12-19-11-21-26/h5-6,9-13H,2-4,7-8H2,1H3,(H,20,22). The lowest BCUT2D eigenvalue weighted by Crippen LogP contribution is -2.45. The van der Waals surface area contributed by atoms with Gasteiger partial charge in [0.15, 0.2) is 5.82 Å². The molecule has 1 aliphatic heterocycles. The van der Waals surface area contributed by atoms with E-state index in [-0.39, 0.29) is 11.6 Å². The zero-order chi connectivity index (χ0) is 18.6. The molecule has 0 spiro atoms. The Balaban J connectivity index is 1.48. The zero-order valence-corrected chi connectivity index (χ0v) is 15.1. The van der Waals surface area contributed by atoms with Gasteiger partial charge in [-0.1, -0.05) is 0 Å². The SMILES string of the molecule is Cn1nc(N2CCCCC2CNc2cncc(-n3cncn3)n2)ccc1=O. The van der Waals surface area contributed by atoms with E-state index in [9.17, 15) is 4.79 Å². The van der Waals surface area contributed by atoms with Crippen molar-refractivity contribution < 1.29 is 0 Å². The van der Waals surface area contributed by atoms with Crippen LogP contribution in [0.2, 0.25) is 0 Å². The van der Waals surface area contributed by atoms with Gasteiger partial charge in [-0.15, -0.1) is 0 Å². The first-order chi connectivity index (χ1) is 13.2. The number of nitrogens with zero attached hydrogens (tertiary/aromatic N) is 8. The number of anilines is 2. The first kappa shape index (κ1) is 17.1. The predicted octanol–water partition coefficient (Wildman–Crippen LogP) is 0.622. The van der Waals surface area contributed by atoms with Crippen molar-refractivity contribution >= 4 is 11.6 Å². The van der Waals surface area contributed by atoms with Crippen LogP contribution in [0.5, 0.6) is 0 Å². The summed E-state index contributed by atoms with van der Waals surface area (Å²) in [6.45, 7) is 1.63. The average molecular weight is 367 g/mol. The van der Waals surface area contributed by atoms with Gasteiger partial charge in [-0.05, 0) is 25.3 Å². The fraction of sp³-hybridized carbons (Fsp3) is 0.412. The van der Waals surface area contributed by atoms with E-state index in [2.05, 4.69) is 35.4 Å². The minimum Gasteiger partial charge on any atom is -0.367 e. The minimum absolute atomic E-state index is 0.106. The van der Waals surface area contributed by atoms with Crippen LogP contribution >= 0.6 is 0 Å². The van der Waals surface area contributed by atoms with E-state index in [4.69, 9.17) is 0 Å². The van der Waals surface area contributed by atoms with Gasteiger partial charge in [-0.25, -0.2) is 19.3 Å². The Morgan fingerprint density at radius 3 is 2.93 bits per heavy atom. The molecule has 27 heavy (non-hydrogen) atoms. The Morgan fingerprint density at radius 1 is 1.19 bits per heavy atom. The van der Waals surface area contributed by atoms with E-state index in [1.807, 2.05) is 0 Å². The van der Waals surface area contributed by atoms with Crippen molar-refractivity contribution in [1.29, 1.82) is 0 Å². The molecule has 1 saturated heterocycles. The lowest BCUT2D eigenvalue weighted by atomic mass is 10.0. The number of aryl methyl sites for hydroxylation is 1. The van der Waals surface area contributed by atoms with Crippen LogP contribution in [0.1, 0.15) is 19.3 Å². The Hall–Kier alpha value is -3.30. The third-order valence-corrected chi connectivity index (χ3v) is 4.66. The van der Waals surface area contributed by atoms with E-state index < -0.39 is 0 Å². The molecular formula is C17H21N9O. The monoisotopic (exact) mass is 367 g/mol. The highest BCUT2D eigenvalue weighted by Gasteiger charge is 2.24. The van der Waals surface area contributed by atoms with Crippen LogP contribution in [0.4, 0.5) is 11.6 Å². The summed E-state index contributed by atoms with van der Waals surface area (Å²) in [6, 6.07) is 3.63. The van der Waals surface area contributed by atoms with Gasteiger partial charge in [-0.3, -0.25) is 9.78 Å². The van der Waals surface area contributed by atoms with Crippen LogP contribution in [-0.2, 0) is 7.05 Å². The maximum absolute atomic E-state index is 11.6. The second kappa shape index (κ2) is 7.52. The van der Waals surface area contributed by atoms with E-state index >= 15 is 0 Å². The van der Waals surface area contributed by atoms with Gasteiger partial charge < -0.3 is 10.2 Å². The molecule has 0 amide bonds. The normalized spacial score (nSPS) is 17.1. The highest BCUT2D eigenvalue weighted by molar-refractivity contribution is 5.41. The molecule has 4 rings (SSSR count). The maximum Gasteiger partial charge on any atom is 0.266 e. The molecule has 1 aliphatic rings. The van der Waals surface area contributed by atoms with Gasteiger partial charge in [0, 0.05) is 32.2 Å². The van der Waals surface area contributed by atoms with Crippen molar-refractivity contribution in [3.8, 4) is 5.82 Å². The number of hydrogen-bond donors (Lipinski definition) is 1. The molecule has 3 aromatic heterocycles. The molecule has 0 radical (unpaired) electrons. The first-order valence-corrected chi connectivity index (χ1v) is 8.92. The first-order valence-electron chi connectivity index (χ1n) is 8.92. The Bertz CT molecular complexity index is 953. The molecule has 140 valence electrons. The molecule has 1 atom stereocenters. The Morgan fingerprint density at radius 2 is 2.11 bits per heavy atom. The average Bonchev–Trinajstić information content (AvgIpc) is 3.24. The lowest BCUT2D eigenvalue weighted by Gasteiger charge is -2.36. The predicted molar refractivity (Wildman–Crippen MR) is 99.9 cm³/mol. The molecule has 10 nitrogen and oxygen atoms in total. The molecule has 0 saturated carbocycles. The summed E-state index contributed by atoms with van der Waals surface area (Å²) in [4.78, 5) is 26.6. The van der Waals surface area contributed by atoms with E-state index in [0.717, 1.165) is 25.2 Å². The number of aromatic nitrogens is 7. The van der Waals surface area contributed by atoms with E-state index in [1.165, 1.54) is 17.4 Å². The van der Waals surface area contributed by atoms with Crippen molar-refractivity contribution in [2.24, 2.45) is 7.05 Å². The number of piperidine rings is 1. The second-order valence-corrected chi connectivity index (χ2v) is 6.48. The summed E-state index contributed by atoms with van der Waals surface area (Å²) >= 11 is 0. The summed E-state index contributed by atoms with van der Waals surface area (Å²) in [7, 11) is 1.67. The van der Waals surface area contributed by atoms with Crippen molar-refractivity contribution in [2.45, 2.75) is 25.3 Å². The Labute approximate surface area is 155 Å². The van der Waals surface area contributed by atoms with Crippen LogP contribution in [0, 0.1) is 0 Å². The van der Waals surface area contributed by atoms with Gasteiger partial charge in [0.1, 0.15) is 24.3 Å². The molecule has 0 bridgehead atoms. The molecule has 4 heterocycles. The third-order valence-electron chi connectivity index (χ3n) is 4.66. The summed E-state index contributed by atoms with van der Waals surface area (Å²) in [5.74, 6) is 2.12. The molecule has 1 N–H and O–H groups in total.